The minimum absolute atomic E-state index is 0.00198. The Morgan fingerprint density at radius 2 is 0.758 bits per heavy atom. The van der Waals surface area contributed by atoms with Gasteiger partial charge in [-0.1, -0.05) is 276 Å². The fourth-order valence-corrected chi connectivity index (χ4v) is 9.20. The van der Waals surface area contributed by atoms with Gasteiger partial charge in [-0.15, -0.1) is 0 Å². The van der Waals surface area contributed by atoms with Gasteiger partial charge in [0.25, 0.3) is 0 Å². The molecule has 0 aromatic carbocycles. The maximum absolute atomic E-state index is 12.4. The predicted octanol–water partition coefficient (Wildman–Crippen LogP) is 18.2. The van der Waals surface area contributed by atoms with Crippen LogP contribution in [0.3, 0.4) is 0 Å². The summed E-state index contributed by atoms with van der Waals surface area (Å²) in [5.41, 5.74) is 0. The summed E-state index contributed by atoms with van der Waals surface area (Å²) in [5, 5.41) is 23.1. The number of allylic oxidation sites excluding steroid dienone is 4. The Balaban J connectivity index is 3.34. The van der Waals surface area contributed by atoms with Crippen LogP contribution in [0.2, 0.25) is 0 Å². The van der Waals surface area contributed by atoms with Gasteiger partial charge in [-0.25, -0.2) is 0 Å². The van der Waals surface area contributed by atoms with Crippen molar-refractivity contribution in [1.82, 2.24) is 5.32 Å². The summed E-state index contributed by atoms with van der Waals surface area (Å²) in [4.78, 5) is 24.5. The highest BCUT2D eigenvalue weighted by molar-refractivity contribution is 5.76. The van der Waals surface area contributed by atoms with E-state index in [4.69, 9.17) is 4.74 Å². The van der Waals surface area contributed by atoms with Crippen LogP contribution in [0, 0.1) is 0 Å². The smallest absolute Gasteiger partial charge is 0.305 e. The van der Waals surface area contributed by atoms with E-state index in [1.165, 1.54) is 238 Å². The minimum atomic E-state index is -0.661. The minimum Gasteiger partial charge on any atom is -0.466 e. The second-order valence-electron chi connectivity index (χ2n) is 20.3. The predicted molar refractivity (Wildman–Crippen MR) is 287 cm³/mol. The molecule has 0 saturated carbocycles. The van der Waals surface area contributed by atoms with Gasteiger partial charge >= 0.3 is 5.97 Å². The third kappa shape index (κ3) is 51.7. The normalized spacial score (nSPS) is 12.7. The lowest BCUT2D eigenvalue weighted by Crippen LogP contribution is -2.45. The highest BCUT2D eigenvalue weighted by atomic mass is 16.5. The van der Waals surface area contributed by atoms with Crippen molar-refractivity contribution in [3.63, 3.8) is 0 Å². The van der Waals surface area contributed by atoms with Gasteiger partial charge in [0.2, 0.25) is 5.91 Å². The number of amides is 1. The van der Waals surface area contributed by atoms with Gasteiger partial charge in [-0.05, 0) is 57.8 Å². The molecule has 0 radical (unpaired) electrons. The number of carbonyl (C=O) groups excluding carboxylic acids is 2. The quantitative estimate of drug-likeness (QED) is 0.0321. The van der Waals surface area contributed by atoms with Crippen LogP contribution >= 0.6 is 0 Å². The molecule has 0 aliphatic rings. The second kappa shape index (κ2) is 55.9. The molecule has 0 aromatic rings. The molecular weight excluding hydrogens is 815 g/mol. The number of nitrogens with one attached hydrogen (secondary N) is 1. The van der Waals surface area contributed by atoms with Gasteiger partial charge in [0.1, 0.15) is 0 Å². The monoisotopic (exact) mass is 930 g/mol. The summed E-state index contributed by atoms with van der Waals surface area (Å²) < 4.78 is 5.48. The van der Waals surface area contributed by atoms with Crippen molar-refractivity contribution in [3.05, 3.63) is 24.3 Å². The number of unbranched alkanes of at least 4 members (excludes halogenated alkanes) is 40. The fraction of sp³-hybridized carbons (Fsp3) is 0.900. The summed E-state index contributed by atoms with van der Waals surface area (Å²) in [6.07, 6.45) is 67.6. The van der Waals surface area contributed by atoms with E-state index in [2.05, 4.69) is 43.5 Å². The molecule has 0 aliphatic heterocycles. The van der Waals surface area contributed by atoms with Crippen LogP contribution < -0.4 is 5.32 Å². The standard InChI is InChI=1S/C60H115NO5/c1-3-5-7-9-11-13-14-15-16-28-31-34-38-42-46-50-54-60(65)66-55-51-47-43-39-35-32-29-26-24-22-20-18-17-19-21-23-25-27-30-33-37-41-45-49-53-59(64)61-57(56-62)58(63)52-48-44-40-36-12-10-8-6-4-2/h13-14,16,28,57-58,62-63H,3-12,15,17-27,29-56H2,1-2H3,(H,61,64)/b14-13-,28-16-. The van der Waals surface area contributed by atoms with Crippen molar-refractivity contribution in [1.29, 1.82) is 0 Å². The Morgan fingerprint density at radius 3 is 1.17 bits per heavy atom. The summed E-state index contributed by atoms with van der Waals surface area (Å²) in [6, 6.07) is -0.538. The van der Waals surface area contributed by atoms with E-state index in [0.29, 0.717) is 25.9 Å². The summed E-state index contributed by atoms with van der Waals surface area (Å²) in [7, 11) is 0. The molecule has 3 N–H and O–H groups in total. The number of ether oxygens (including phenoxy) is 1. The third-order valence-electron chi connectivity index (χ3n) is 13.8. The number of hydrogen-bond donors (Lipinski definition) is 3. The summed E-state index contributed by atoms with van der Waals surface area (Å²) >= 11 is 0. The molecule has 0 heterocycles. The van der Waals surface area contributed by atoms with Crippen LogP contribution in [0.15, 0.2) is 24.3 Å². The first-order valence-electron chi connectivity index (χ1n) is 29.6. The van der Waals surface area contributed by atoms with E-state index in [9.17, 15) is 19.8 Å². The van der Waals surface area contributed by atoms with Gasteiger partial charge in [0.05, 0.1) is 25.4 Å². The number of esters is 1. The number of aliphatic hydroxyl groups is 2. The van der Waals surface area contributed by atoms with Crippen LogP contribution in [0.25, 0.3) is 0 Å². The molecule has 0 bridgehead atoms. The van der Waals surface area contributed by atoms with Crippen LogP contribution in [0.4, 0.5) is 0 Å². The van der Waals surface area contributed by atoms with E-state index in [1.54, 1.807) is 0 Å². The Hall–Kier alpha value is -1.66. The maximum Gasteiger partial charge on any atom is 0.305 e. The van der Waals surface area contributed by atoms with Gasteiger partial charge in [0.15, 0.2) is 0 Å². The average molecular weight is 931 g/mol. The largest absolute Gasteiger partial charge is 0.466 e. The van der Waals surface area contributed by atoms with Crippen molar-refractivity contribution >= 4 is 11.9 Å². The third-order valence-corrected chi connectivity index (χ3v) is 13.8. The number of rotatable bonds is 55. The lowest BCUT2D eigenvalue weighted by atomic mass is 10.0. The first-order chi connectivity index (χ1) is 32.5. The van der Waals surface area contributed by atoms with Crippen molar-refractivity contribution in [2.24, 2.45) is 0 Å². The molecule has 2 unspecified atom stereocenters. The molecule has 390 valence electrons. The van der Waals surface area contributed by atoms with E-state index in [1.807, 2.05) is 0 Å². The zero-order chi connectivity index (χ0) is 47.9. The molecule has 6 nitrogen and oxygen atoms in total. The zero-order valence-corrected chi connectivity index (χ0v) is 44.4. The van der Waals surface area contributed by atoms with Crippen LogP contribution in [0.1, 0.15) is 322 Å². The molecule has 0 rings (SSSR count). The summed E-state index contributed by atoms with van der Waals surface area (Å²) in [6.45, 7) is 4.92. The molecule has 66 heavy (non-hydrogen) atoms. The molecule has 2 atom stereocenters. The van der Waals surface area contributed by atoms with E-state index >= 15 is 0 Å². The van der Waals surface area contributed by atoms with E-state index < -0.39 is 12.1 Å². The Bertz CT molecular complexity index is 1030. The van der Waals surface area contributed by atoms with Crippen molar-refractivity contribution < 1.29 is 24.5 Å². The molecule has 0 saturated heterocycles. The van der Waals surface area contributed by atoms with E-state index in [-0.39, 0.29) is 18.5 Å². The number of hydrogen-bond acceptors (Lipinski definition) is 5. The lowest BCUT2D eigenvalue weighted by molar-refractivity contribution is -0.143. The Labute approximate surface area is 411 Å². The molecule has 1 amide bonds. The lowest BCUT2D eigenvalue weighted by Gasteiger charge is -2.22. The van der Waals surface area contributed by atoms with Gasteiger partial charge in [-0.3, -0.25) is 9.59 Å². The van der Waals surface area contributed by atoms with Crippen LogP contribution in [-0.2, 0) is 14.3 Å². The zero-order valence-electron chi connectivity index (χ0n) is 44.4. The molecule has 0 aliphatic carbocycles. The SMILES string of the molecule is CCCCCC/C=C\C/C=C\CCCCCCCC(=O)OCCCCCCCCCCCCCCCCCCCCCCCCCCC(=O)NC(CO)C(O)CCCCCCCCCCC. The van der Waals surface area contributed by atoms with Gasteiger partial charge < -0.3 is 20.3 Å². The maximum atomic E-state index is 12.4. The van der Waals surface area contributed by atoms with Crippen LogP contribution in [-0.4, -0.2) is 47.4 Å². The van der Waals surface area contributed by atoms with Crippen molar-refractivity contribution in [3.8, 4) is 0 Å². The van der Waals surface area contributed by atoms with Crippen molar-refractivity contribution in [2.45, 2.75) is 334 Å². The van der Waals surface area contributed by atoms with Gasteiger partial charge in [0, 0.05) is 12.8 Å². The van der Waals surface area contributed by atoms with E-state index in [0.717, 1.165) is 51.4 Å². The molecule has 0 fully saturated rings. The number of aliphatic hydroxyl groups excluding tert-OH is 2. The number of carbonyl (C=O) groups is 2. The summed E-state index contributed by atoms with van der Waals surface area (Å²) in [5.74, 6) is -0.0337. The van der Waals surface area contributed by atoms with Crippen molar-refractivity contribution in [2.75, 3.05) is 13.2 Å². The first-order valence-corrected chi connectivity index (χ1v) is 29.6. The topological polar surface area (TPSA) is 95.9 Å². The molecule has 0 spiro atoms. The Morgan fingerprint density at radius 1 is 0.424 bits per heavy atom. The van der Waals surface area contributed by atoms with Crippen LogP contribution in [0.5, 0.6) is 0 Å². The highest BCUT2D eigenvalue weighted by Crippen LogP contribution is 2.17. The molecule has 6 heteroatoms. The van der Waals surface area contributed by atoms with Gasteiger partial charge in [-0.2, -0.15) is 0 Å². The fourth-order valence-electron chi connectivity index (χ4n) is 9.20. The highest BCUT2D eigenvalue weighted by Gasteiger charge is 2.20. The average Bonchev–Trinajstić information content (AvgIpc) is 3.32. The first kappa shape index (κ1) is 64.3. The Kier molecular flexibility index (Phi) is 54.5. The molecular formula is C60H115NO5. The second-order valence-corrected chi connectivity index (χ2v) is 20.3. The molecule has 0 aromatic heterocycles.